The zero-order valence-electron chi connectivity index (χ0n) is 14.9. The second kappa shape index (κ2) is 6.88. The Hall–Kier alpha value is -3.13. The van der Waals surface area contributed by atoms with Gasteiger partial charge in [-0.15, -0.1) is 5.10 Å². The fourth-order valence-electron chi connectivity index (χ4n) is 3.08. The van der Waals surface area contributed by atoms with E-state index in [4.69, 9.17) is 4.74 Å². The second-order valence-electron chi connectivity index (χ2n) is 6.62. The number of nitrogens with zero attached hydrogens (tertiary/aromatic N) is 2. The van der Waals surface area contributed by atoms with E-state index < -0.39 is 17.7 Å². The maximum absolute atomic E-state index is 12.5. The van der Waals surface area contributed by atoms with Gasteiger partial charge in [0.25, 0.3) is 0 Å². The summed E-state index contributed by atoms with van der Waals surface area (Å²) < 4.78 is 5.42. The fraction of sp³-hybridized carbons (Fsp3) is 0.316. The van der Waals surface area contributed by atoms with Crippen LogP contribution in [0.4, 0.5) is 10.6 Å². The Balaban J connectivity index is 1.49. The Labute approximate surface area is 156 Å². The molecule has 2 aromatic heterocycles. The fourth-order valence-corrected chi connectivity index (χ4v) is 3.08. The van der Waals surface area contributed by atoms with Gasteiger partial charge in [-0.2, -0.15) is 0 Å². The first kappa shape index (κ1) is 17.3. The predicted octanol–water partition coefficient (Wildman–Crippen LogP) is 2.74. The Bertz CT molecular complexity index is 952. The lowest BCUT2D eigenvalue weighted by Crippen LogP contribution is -2.40. The van der Waals surface area contributed by atoms with Crippen LogP contribution in [0.15, 0.2) is 42.6 Å². The second-order valence-corrected chi connectivity index (χ2v) is 6.62. The maximum Gasteiger partial charge on any atom is 0.320 e. The molecule has 0 spiro atoms. The monoisotopic (exact) mass is 367 g/mol. The average Bonchev–Trinajstić information content (AvgIpc) is 3.30. The smallest absolute Gasteiger partial charge is 0.320 e. The number of carbonyl (C=O) groups excluding carboxylic acids is 1. The lowest BCUT2D eigenvalue weighted by atomic mass is 10.00. The van der Waals surface area contributed by atoms with Crippen LogP contribution in [0.2, 0.25) is 0 Å². The van der Waals surface area contributed by atoms with Gasteiger partial charge >= 0.3 is 6.03 Å². The Kier molecular flexibility index (Phi) is 4.41. The van der Waals surface area contributed by atoms with Crippen molar-refractivity contribution in [2.75, 3.05) is 11.9 Å². The van der Waals surface area contributed by atoms with E-state index in [1.165, 1.54) is 0 Å². The van der Waals surface area contributed by atoms with Crippen LogP contribution in [-0.2, 0) is 0 Å². The van der Waals surface area contributed by atoms with Gasteiger partial charge in [0, 0.05) is 12.3 Å². The van der Waals surface area contributed by atoms with Crippen LogP contribution in [0, 0.1) is 0 Å². The standard InChI is InChI=1S/C19H21N5O3/c1-2-27-17-13-11-20-15(10-14(13)23-24-17)21-18(25)22-16(19(26)8-9-19)12-6-4-3-5-7-12/h3-7,10-11,16,26H,2,8-9H2,1H3,(H,23,24)(H2,20,21,22,25)/t16-/m0/s1. The van der Waals surface area contributed by atoms with Crippen LogP contribution in [0.25, 0.3) is 10.9 Å². The summed E-state index contributed by atoms with van der Waals surface area (Å²) in [6.45, 7) is 2.39. The van der Waals surface area contributed by atoms with E-state index in [2.05, 4.69) is 25.8 Å². The quantitative estimate of drug-likeness (QED) is 0.535. The minimum Gasteiger partial charge on any atom is -0.476 e. The maximum atomic E-state index is 12.5. The number of hydrogen-bond acceptors (Lipinski definition) is 5. The molecule has 0 unspecified atom stereocenters. The summed E-state index contributed by atoms with van der Waals surface area (Å²) in [5.74, 6) is 0.859. The molecular formula is C19H21N5O3. The molecule has 1 atom stereocenters. The number of benzene rings is 1. The first-order valence-corrected chi connectivity index (χ1v) is 8.91. The molecule has 1 aliphatic carbocycles. The molecule has 3 aromatic rings. The molecule has 1 saturated carbocycles. The molecule has 1 aromatic carbocycles. The molecule has 0 bridgehead atoms. The largest absolute Gasteiger partial charge is 0.476 e. The zero-order chi connectivity index (χ0) is 18.9. The number of hydrogen-bond donors (Lipinski definition) is 4. The number of anilines is 1. The van der Waals surface area contributed by atoms with Crippen LogP contribution in [0.3, 0.4) is 0 Å². The number of H-pyrrole nitrogens is 1. The first-order valence-electron chi connectivity index (χ1n) is 8.91. The van der Waals surface area contributed by atoms with Gasteiger partial charge in [0.15, 0.2) is 0 Å². The number of aromatic nitrogens is 3. The number of carbonyl (C=O) groups is 1. The van der Waals surface area contributed by atoms with E-state index in [0.717, 1.165) is 10.9 Å². The lowest BCUT2D eigenvalue weighted by Gasteiger charge is -2.24. The third kappa shape index (κ3) is 3.56. The Morgan fingerprint density at radius 3 is 2.85 bits per heavy atom. The van der Waals surface area contributed by atoms with Crippen LogP contribution < -0.4 is 15.4 Å². The van der Waals surface area contributed by atoms with E-state index in [1.54, 1.807) is 12.3 Å². The molecular weight excluding hydrogens is 346 g/mol. The molecule has 0 radical (unpaired) electrons. The normalized spacial score (nSPS) is 15.9. The van der Waals surface area contributed by atoms with E-state index in [9.17, 15) is 9.90 Å². The van der Waals surface area contributed by atoms with Crippen molar-refractivity contribution in [3.05, 3.63) is 48.2 Å². The van der Waals surface area contributed by atoms with Crippen molar-refractivity contribution in [2.24, 2.45) is 0 Å². The Morgan fingerprint density at radius 1 is 1.37 bits per heavy atom. The number of rotatable bonds is 6. The van der Waals surface area contributed by atoms with E-state index in [0.29, 0.717) is 36.7 Å². The molecule has 8 heteroatoms. The molecule has 0 saturated heterocycles. The summed E-state index contributed by atoms with van der Waals surface area (Å²) in [5, 5.41) is 23.8. The van der Waals surface area contributed by atoms with Gasteiger partial charge in [0.05, 0.1) is 29.2 Å². The van der Waals surface area contributed by atoms with Gasteiger partial charge in [-0.25, -0.2) is 9.78 Å². The predicted molar refractivity (Wildman–Crippen MR) is 101 cm³/mol. The average molecular weight is 367 g/mol. The van der Waals surface area contributed by atoms with Crippen molar-refractivity contribution >= 4 is 22.8 Å². The molecule has 8 nitrogen and oxygen atoms in total. The van der Waals surface area contributed by atoms with Gasteiger partial charge in [-0.1, -0.05) is 30.3 Å². The number of amides is 2. The number of aliphatic hydroxyl groups is 1. The molecule has 27 heavy (non-hydrogen) atoms. The summed E-state index contributed by atoms with van der Waals surface area (Å²) in [6, 6.07) is 10.2. The highest BCUT2D eigenvalue weighted by atomic mass is 16.5. The lowest BCUT2D eigenvalue weighted by molar-refractivity contribution is 0.106. The number of fused-ring (bicyclic) bond motifs is 1. The minimum atomic E-state index is -0.897. The van der Waals surface area contributed by atoms with Gasteiger partial charge in [-0.05, 0) is 25.3 Å². The summed E-state index contributed by atoms with van der Waals surface area (Å²) in [5.41, 5.74) is 0.682. The van der Waals surface area contributed by atoms with Crippen molar-refractivity contribution in [3.8, 4) is 5.88 Å². The minimum absolute atomic E-state index is 0.376. The van der Waals surface area contributed by atoms with Crippen molar-refractivity contribution in [2.45, 2.75) is 31.4 Å². The molecule has 2 heterocycles. The van der Waals surface area contributed by atoms with Gasteiger partial charge in [-0.3, -0.25) is 10.4 Å². The van der Waals surface area contributed by atoms with Crippen LogP contribution in [-0.4, -0.2) is 38.5 Å². The van der Waals surface area contributed by atoms with E-state index in [-0.39, 0.29) is 0 Å². The summed E-state index contributed by atoms with van der Waals surface area (Å²) in [4.78, 5) is 16.7. The van der Waals surface area contributed by atoms with Crippen LogP contribution >= 0.6 is 0 Å². The van der Waals surface area contributed by atoms with Gasteiger partial charge in [0.1, 0.15) is 5.82 Å². The van der Waals surface area contributed by atoms with Gasteiger partial charge < -0.3 is 15.2 Å². The van der Waals surface area contributed by atoms with E-state index >= 15 is 0 Å². The number of urea groups is 1. The topological polar surface area (TPSA) is 112 Å². The number of aromatic amines is 1. The molecule has 2 amide bonds. The third-order valence-electron chi connectivity index (χ3n) is 4.64. The van der Waals surface area contributed by atoms with Gasteiger partial charge in [0.2, 0.25) is 5.88 Å². The van der Waals surface area contributed by atoms with Crippen molar-refractivity contribution in [1.29, 1.82) is 0 Å². The summed E-state index contributed by atoms with van der Waals surface area (Å²) in [7, 11) is 0. The van der Waals surface area contributed by atoms with Crippen molar-refractivity contribution in [1.82, 2.24) is 20.5 Å². The van der Waals surface area contributed by atoms with Crippen molar-refractivity contribution < 1.29 is 14.6 Å². The highest BCUT2D eigenvalue weighted by Crippen LogP contribution is 2.45. The molecule has 140 valence electrons. The number of nitrogens with one attached hydrogen (secondary N) is 3. The SMILES string of the molecule is CCOc1n[nH]c2cc(NC(=O)N[C@@H](c3ccccc3)C3(O)CC3)ncc12. The van der Waals surface area contributed by atoms with Crippen LogP contribution in [0.1, 0.15) is 31.4 Å². The highest BCUT2D eigenvalue weighted by molar-refractivity contribution is 5.92. The van der Waals surface area contributed by atoms with E-state index in [1.807, 2.05) is 37.3 Å². The number of ether oxygens (including phenoxy) is 1. The summed E-state index contributed by atoms with van der Waals surface area (Å²) >= 11 is 0. The molecule has 0 aliphatic heterocycles. The zero-order valence-corrected chi connectivity index (χ0v) is 14.9. The molecule has 1 fully saturated rings. The Morgan fingerprint density at radius 2 is 2.15 bits per heavy atom. The van der Waals surface area contributed by atoms with Crippen molar-refractivity contribution in [3.63, 3.8) is 0 Å². The first-order chi connectivity index (χ1) is 13.1. The summed E-state index contributed by atoms with van der Waals surface area (Å²) in [6.07, 6.45) is 2.92. The van der Waals surface area contributed by atoms with Crippen LogP contribution in [0.5, 0.6) is 5.88 Å². The number of pyridine rings is 1. The third-order valence-corrected chi connectivity index (χ3v) is 4.64. The molecule has 1 aliphatic rings. The highest BCUT2D eigenvalue weighted by Gasteiger charge is 2.49. The molecule has 4 N–H and O–H groups in total. The molecule has 4 rings (SSSR count).